The van der Waals surface area contributed by atoms with E-state index in [0.29, 0.717) is 6.42 Å². The van der Waals surface area contributed by atoms with Gasteiger partial charge in [-0.25, -0.2) is 9.69 Å². The summed E-state index contributed by atoms with van der Waals surface area (Å²) in [5.41, 5.74) is -0.904. The zero-order chi connectivity index (χ0) is 27.1. The summed E-state index contributed by atoms with van der Waals surface area (Å²) in [6, 6.07) is -0.557. The molecule has 10 heteroatoms. The molecule has 2 N–H and O–H groups in total. The quantitative estimate of drug-likeness (QED) is 0.295. The van der Waals surface area contributed by atoms with Crippen molar-refractivity contribution in [3.63, 3.8) is 0 Å². The maximum atomic E-state index is 13.5. The molecule has 4 atom stereocenters. The minimum absolute atomic E-state index is 0.100. The Bertz CT molecular complexity index is 814. The van der Waals surface area contributed by atoms with Crippen molar-refractivity contribution in [3.8, 4) is 0 Å². The Balaban J connectivity index is 2.05. The van der Waals surface area contributed by atoms with Crippen molar-refractivity contribution in [2.75, 3.05) is 13.7 Å². The zero-order valence-corrected chi connectivity index (χ0v) is 23.7. The van der Waals surface area contributed by atoms with Crippen LogP contribution in [0, 0.1) is 5.92 Å². The molecule has 2 aliphatic rings. The van der Waals surface area contributed by atoms with Gasteiger partial charge in [0.2, 0.25) is 0 Å². The molecule has 0 aromatic carbocycles. The fourth-order valence-corrected chi connectivity index (χ4v) is 5.67. The van der Waals surface area contributed by atoms with Crippen molar-refractivity contribution in [2.24, 2.45) is 5.92 Å². The van der Waals surface area contributed by atoms with Gasteiger partial charge in [-0.05, 0) is 54.6 Å². The number of carbonyl (C=O) groups is 3. The summed E-state index contributed by atoms with van der Waals surface area (Å²) < 4.78 is 16.9. The number of aliphatic hydroxyl groups is 2. The van der Waals surface area contributed by atoms with Gasteiger partial charge in [-0.1, -0.05) is 52.4 Å². The average Bonchev–Trinajstić information content (AvgIpc) is 3.04. The Labute approximate surface area is 222 Å². The number of unbranched alkanes of at least 4 members (excludes halogenated alkanes) is 7. The van der Waals surface area contributed by atoms with Crippen LogP contribution in [0.15, 0.2) is 10.6 Å². The highest BCUT2D eigenvalue weighted by Gasteiger charge is 2.55. The van der Waals surface area contributed by atoms with Crippen molar-refractivity contribution in [1.29, 1.82) is 0 Å². The van der Waals surface area contributed by atoms with Crippen LogP contribution in [0.1, 0.15) is 85.5 Å². The first-order valence-corrected chi connectivity index (χ1v) is 13.7. The molecule has 2 rings (SSSR count). The second-order valence-corrected chi connectivity index (χ2v) is 11.4. The van der Waals surface area contributed by atoms with Gasteiger partial charge in [0, 0.05) is 20.1 Å². The number of hydrogen-bond acceptors (Lipinski definition) is 8. The number of halogens is 1. The molecule has 36 heavy (non-hydrogen) atoms. The molecule has 1 saturated heterocycles. The average molecular weight is 577 g/mol. The maximum Gasteiger partial charge on any atom is 0.417 e. The van der Waals surface area contributed by atoms with Gasteiger partial charge in [-0.3, -0.25) is 9.59 Å². The number of ketones is 1. The number of methoxy groups -OCH3 is 1. The van der Waals surface area contributed by atoms with Crippen molar-refractivity contribution >= 4 is 33.7 Å². The van der Waals surface area contributed by atoms with Gasteiger partial charge in [0.1, 0.15) is 5.60 Å². The molecule has 2 heterocycles. The molecule has 0 aromatic rings. The molecule has 0 aromatic heterocycles. The Morgan fingerprint density at radius 1 is 1.11 bits per heavy atom. The summed E-state index contributed by atoms with van der Waals surface area (Å²) in [5, 5.41) is 20.0. The lowest BCUT2D eigenvalue weighted by Crippen LogP contribution is -2.58. The van der Waals surface area contributed by atoms with E-state index in [0.717, 1.165) is 49.8 Å². The van der Waals surface area contributed by atoms with E-state index in [-0.39, 0.29) is 23.4 Å². The molecule has 0 aliphatic carbocycles. The number of aliphatic hydroxyl groups excluding tert-OH is 1. The number of carbonyl (C=O) groups excluding carboxylic acids is 3. The maximum absolute atomic E-state index is 13.5. The van der Waals surface area contributed by atoms with Crippen LogP contribution in [0.4, 0.5) is 4.79 Å². The van der Waals surface area contributed by atoms with Crippen LogP contribution in [0.25, 0.3) is 0 Å². The minimum atomic E-state index is -1.78. The Morgan fingerprint density at radius 2 is 1.67 bits per heavy atom. The number of cyclic esters (lactones) is 1. The van der Waals surface area contributed by atoms with Crippen molar-refractivity contribution in [1.82, 2.24) is 4.90 Å². The van der Waals surface area contributed by atoms with Crippen LogP contribution in [-0.4, -0.2) is 76.3 Å². The van der Waals surface area contributed by atoms with Crippen molar-refractivity contribution < 1.29 is 38.8 Å². The first kappa shape index (κ1) is 30.9. The molecule has 0 spiro atoms. The summed E-state index contributed by atoms with van der Waals surface area (Å²) in [5.74, 6) is -3.15. The fourth-order valence-electron chi connectivity index (χ4n) is 5.15. The van der Waals surface area contributed by atoms with Gasteiger partial charge < -0.3 is 24.4 Å². The van der Waals surface area contributed by atoms with E-state index in [2.05, 4.69) is 15.9 Å². The van der Waals surface area contributed by atoms with Crippen LogP contribution >= 0.6 is 15.9 Å². The number of rotatable bonds is 14. The second kappa shape index (κ2) is 13.5. The van der Waals surface area contributed by atoms with E-state index in [4.69, 9.17) is 19.3 Å². The van der Waals surface area contributed by atoms with Gasteiger partial charge in [0.25, 0.3) is 5.91 Å². The third-order valence-electron chi connectivity index (χ3n) is 6.85. The minimum Gasteiger partial charge on any atom is -0.441 e. The van der Waals surface area contributed by atoms with Gasteiger partial charge in [0.05, 0.1) is 10.5 Å². The highest BCUT2D eigenvalue weighted by atomic mass is 79.9. The molecule has 0 unspecified atom stereocenters. The fraction of sp³-hybridized carbons (Fsp3) is 0.808. The van der Waals surface area contributed by atoms with Gasteiger partial charge in [0.15, 0.2) is 23.8 Å². The van der Waals surface area contributed by atoms with E-state index < -0.39 is 47.4 Å². The third-order valence-corrected chi connectivity index (χ3v) is 7.70. The lowest BCUT2D eigenvalue weighted by Gasteiger charge is -2.38. The van der Waals surface area contributed by atoms with E-state index >= 15 is 0 Å². The predicted molar refractivity (Wildman–Crippen MR) is 137 cm³/mol. The first-order chi connectivity index (χ1) is 16.9. The van der Waals surface area contributed by atoms with Gasteiger partial charge in [-0.15, -0.1) is 0 Å². The van der Waals surface area contributed by atoms with E-state index in [1.807, 2.05) is 13.8 Å². The molecule has 206 valence electrons. The predicted octanol–water partition coefficient (Wildman–Crippen LogP) is 4.22. The molecule has 2 amide bonds. The molecule has 1 fully saturated rings. The highest BCUT2D eigenvalue weighted by molar-refractivity contribution is 9.11. The highest BCUT2D eigenvalue weighted by Crippen LogP contribution is 2.38. The van der Waals surface area contributed by atoms with Crippen LogP contribution in [-0.2, 0) is 23.8 Å². The van der Waals surface area contributed by atoms with E-state index in [1.54, 1.807) is 13.8 Å². The normalized spacial score (nSPS) is 26.8. The summed E-state index contributed by atoms with van der Waals surface area (Å²) in [4.78, 5) is 40.0. The summed E-state index contributed by atoms with van der Waals surface area (Å²) in [6.45, 7) is 7.47. The monoisotopic (exact) mass is 575 g/mol. The molecule has 9 nitrogen and oxygen atoms in total. The molecule has 0 radical (unpaired) electrons. The first-order valence-electron chi connectivity index (χ1n) is 12.9. The number of amides is 2. The Hall–Kier alpha value is -1.33. The van der Waals surface area contributed by atoms with Gasteiger partial charge in [-0.2, -0.15) is 0 Å². The summed E-state index contributed by atoms with van der Waals surface area (Å²) in [6.07, 6.45) is 5.49. The molecule has 0 saturated carbocycles. The summed E-state index contributed by atoms with van der Waals surface area (Å²) in [7, 11) is 1.27. The third kappa shape index (κ3) is 7.37. The lowest BCUT2D eigenvalue weighted by molar-refractivity contribution is -0.227. The van der Waals surface area contributed by atoms with Crippen LogP contribution in [0.3, 0.4) is 0 Å². The zero-order valence-electron chi connectivity index (χ0n) is 22.1. The number of imide groups is 1. The van der Waals surface area contributed by atoms with E-state index in [1.165, 1.54) is 13.2 Å². The Kier molecular flexibility index (Phi) is 11.6. The molecule has 0 bridgehead atoms. The van der Waals surface area contributed by atoms with Crippen LogP contribution in [0.5, 0.6) is 0 Å². The topological polar surface area (TPSA) is 123 Å². The van der Waals surface area contributed by atoms with Gasteiger partial charge >= 0.3 is 6.09 Å². The molecule has 2 aliphatic heterocycles. The second-order valence-electron chi connectivity index (χ2n) is 10.5. The number of nitrogens with zero attached hydrogens (tertiary/aromatic N) is 1. The van der Waals surface area contributed by atoms with Crippen LogP contribution < -0.4 is 0 Å². The SMILES string of the molecule is CO[C@@H](C(=O)N1C(=O)OC(C)(C)[C@H]1C(C)C)[C@H]1O[C@@](O)(CCCCCCCCCCO)C(Br)=CC1=O. The largest absolute Gasteiger partial charge is 0.441 e. The van der Waals surface area contributed by atoms with Crippen molar-refractivity contribution in [3.05, 3.63) is 10.6 Å². The van der Waals surface area contributed by atoms with E-state index in [9.17, 15) is 19.5 Å². The Morgan fingerprint density at radius 3 is 2.19 bits per heavy atom. The van der Waals surface area contributed by atoms with Crippen LogP contribution in [0.2, 0.25) is 0 Å². The smallest absolute Gasteiger partial charge is 0.417 e. The standard InChI is InChI=1S/C26H42BrNO8/c1-17(2)22-25(3,4)36-24(32)28(22)23(31)21(34-5)20-18(30)16-19(27)26(33,35-20)14-12-10-8-6-7-9-11-13-15-29/h16-17,20-22,29,33H,6-15H2,1-5H3/t20-,21+,22+,26-/m0/s1. The number of hydrogen-bond donors (Lipinski definition) is 2. The molecular formula is C26H42BrNO8. The lowest BCUT2D eigenvalue weighted by atomic mass is 9.88. The summed E-state index contributed by atoms with van der Waals surface area (Å²) >= 11 is 3.26. The number of ether oxygens (including phenoxy) is 3. The van der Waals surface area contributed by atoms with Crippen molar-refractivity contribution in [2.45, 2.75) is 115 Å². The molecular weight excluding hydrogens is 534 g/mol.